The fourth-order valence-corrected chi connectivity index (χ4v) is 5.30. The predicted molar refractivity (Wildman–Crippen MR) is 61.8 cm³/mol. The van der Waals surface area contributed by atoms with E-state index in [1.165, 1.54) is 16.8 Å². The predicted octanol–water partition coefficient (Wildman–Crippen LogP) is 0.0706. The molecule has 0 radical (unpaired) electrons. The average Bonchev–Trinajstić information content (AvgIpc) is 2.83. The fourth-order valence-electron chi connectivity index (χ4n) is 1.80. The van der Waals surface area contributed by atoms with E-state index in [1.807, 2.05) is 0 Å². The van der Waals surface area contributed by atoms with Gasteiger partial charge in [0.1, 0.15) is 0 Å². The van der Waals surface area contributed by atoms with E-state index in [4.69, 9.17) is 4.84 Å². The van der Waals surface area contributed by atoms with Gasteiger partial charge in [0.25, 0.3) is 5.91 Å². The molecule has 1 atom stereocenters. The highest BCUT2D eigenvalue weighted by atomic mass is 32.2. The quantitative estimate of drug-likeness (QED) is 0.722. The lowest BCUT2D eigenvalue weighted by molar-refractivity contribution is -0.165. The van der Waals surface area contributed by atoms with Gasteiger partial charge in [-0.3, -0.25) is 9.63 Å². The van der Waals surface area contributed by atoms with Crippen LogP contribution in [0.5, 0.6) is 0 Å². The number of nitrogens with zero attached hydrogens (tertiary/aromatic N) is 1. The van der Waals surface area contributed by atoms with E-state index in [9.17, 15) is 13.2 Å². The first-order chi connectivity index (χ1) is 7.57. The van der Waals surface area contributed by atoms with Gasteiger partial charge in [-0.2, -0.15) is 0 Å². The van der Waals surface area contributed by atoms with Gasteiger partial charge in [-0.25, -0.2) is 13.5 Å². The first-order valence-electron chi connectivity index (χ1n) is 5.32. The van der Waals surface area contributed by atoms with Crippen LogP contribution in [0.4, 0.5) is 0 Å². The Bertz CT molecular complexity index is 362. The lowest BCUT2D eigenvalue weighted by Gasteiger charge is -2.14. The van der Waals surface area contributed by atoms with E-state index >= 15 is 0 Å². The van der Waals surface area contributed by atoms with Crippen molar-refractivity contribution in [2.45, 2.75) is 18.1 Å². The van der Waals surface area contributed by atoms with Gasteiger partial charge in [-0.1, -0.05) is 0 Å². The molecule has 0 N–H and O–H groups in total. The van der Waals surface area contributed by atoms with Gasteiger partial charge in [0, 0.05) is 5.25 Å². The Kier molecular flexibility index (Phi) is 3.76. The van der Waals surface area contributed by atoms with Gasteiger partial charge < -0.3 is 0 Å². The SMILES string of the molecule is O=C(CSC1CCS(=O)(=O)C1)N1CCCO1. The first-order valence-corrected chi connectivity index (χ1v) is 8.19. The summed E-state index contributed by atoms with van der Waals surface area (Å²) in [4.78, 5) is 16.7. The Morgan fingerprint density at radius 2 is 2.31 bits per heavy atom. The van der Waals surface area contributed by atoms with Crippen LogP contribution in [0.2, 0.25) is 0 Å². The number of amides is 1. The minimum Gasteiger partial charge on any atom is -0.272 e. The molecule has 2 fully saturated rings. The number of hydroxylamine groups is 2. The van der Waals surface area contributed by atoms with Crippen LogP contribution in [-0.4, -0.2) is 55.0 Å². The zero-order valence-corrected chi connectivity index (χ0v) is 10.6. The molecule has 16 heavy (non-hydrogen) atoms. The van der Waals surface area contributed by atoms with E-state index in [1.54, 1.807) is 0 Å². The average molecular weight is 265 g/mol. The molecule has 0 aromatic rings. The van der Waals surface area contributed by atoms with Gasteiger partial charge in [0.05, 0.1) is 30.4 Å². The van der Waals surface area contributed by atoms with Crippen LogP contribution in [0, 0.1) is 0 Å². The van der Waals surface area contributed by atoms with E-state index in [0.717, 1.165) is 6.42 Å². The van der Waals surface area contributed by atoms with Crippen molar-refractivity contribution in [3.63, 3.8) is 0 Å². The van der Waals surface area contributed by atoms with E-state index in [2.05, 4.69) is 0 Å². The fraction of sp³-hybridized carbons (Fsp3) is 0.889. The Hall–Kier alpha value is -0.270. The molecule has 2 saturated heterocycles. The topological polar surface area (TPSA) is 63.7 Å². The minimum absolute atomic E-state index is 0.0493. The third kappa shape index (κ3) is 3.11. The van der Waals surface area contributed by atoms with Crippen molar-refractivity contribution in [3.05, 3.63) is 0 Å². The maximum atomic E-state index is 11.6. The third-order valence-corrected chi connectivity index (χ3v) is 5.93. The van der Waals surface area contributed by atoms with Crippen molar-refractivity contribution in [1.82, 2.24) is 5.06 Å². The molecule has 2 rings (SSSR count). The molecule has 5 nitrogen and oxygen atoms in total. The highest BCUT2D eigenvalue weighted by molar-refractivity contribution is 8.02. The summed E-state index contributed by atoms with van der Waals surface area (Å²) in [5.41, 5.74) is 0. The van der Waals surface area contributed by atoms with Crippen molar-refractivity contribution in [1.29, 1.82) is 0 Å². The monoisotopic (exact) mass is 265 g/mol. The standard InChI is InChI=1S/C9H15NO4S2/c11-9(10-3-1-4-14-10)6-15-8-2-5-16(12,13)7-8/h8H,1-7H2. The second kappa shape index (κ2) is 4.93. The molecular weight excluding hydrogens is 250 g/mol. The Morgan fingerprint density at radius 3 is 2.88 bits per heavy atom. The highest BCUT2D eigenvalue weighted by Crippen LogP contribution is 2.24. The normalized spacial score (nSPS) is 28.5. The number of thioether (sulfide) groups is 1. The minimum atomic E-state index is -2.84. The Morgan fingerprint density at radius 1 is 1.50 bits per heavy atom. The van der Waals surface area contributed by atoms with E-state index < -0.39 is 9.84 Å². The summed E-state index contributed by atoms with van der Waals surface area (Å²) < 4.78 is 22.4. The largest absolute Gasteiger partial charge is 0.272 e. The van der Waals surface area contributed by atoms with Gasteiger partial charge in [0.15, 0.2) is 9.84 Å². The first kappa shape index (κ1) is 12.2. The van der Waals surface area contributed by atoms with Crippen LogP contribution in [0.3, 0.4) is 0 Å². The molecule has 0 bridgehead atoms. The van der Waals surface area contributed by atoms with Gasteiger partial charge in [-0.15, -0.1) is 11.8 Å². The molecule has 7 heteroatoms. The van der Waals surface area contributed by atoms with Crippen molar-refractivity contribution < 1.29 is 18.0 Å². The number of hydrogen-bond acceptors (Lipinski definition) is 5. The Labute approximate surface area is 99.4 Å². The zero-order valence-electron chi connectivity index (χ0n) is 8.92. The number of carbonyl (C=O) groups excluding carboxylic acids is 1. The summed E-state index contributed by atoms with van der Waals surface area (Å²) in [6.45, 7) is 1.26. The van der Waals surface area contributed by atoms with Gasteiger partial charge >= 0.3 is 0 Å². The summed E-state index contributed by atoms with van der Waals surface area (Å²) >= 11 is 1.43. The van der Waals surface area contributed by atoms with Crippen molar-refractivity contribution in [2.75, 3.05) is 30.4 Å². The van der Waals surface area contributed by atoms with Gasteiger partial charge in [-0.05, 0) is 12.8 Å². The molecule has 0 aliphatic carbocycles. The summed E-state index contributed by atoms with van der Waals surface area (Å²) in [6, 6.07) is 0. The summed E-state index contributed by atoms with van der Waals surface area (Å²) in [7, 11) is -2.84. The second-order valence-corrected chi connectivity index (χ2v) is 7.54. The molecule has 92 valence electrons. The lowest BCUT2D eigenvalue weighted by atomic mass is 10.4. The molecule has 0 saturated carbocycles. The summed E-state index contributed by atoms with van der Waals surface area (Å²) in [5, 5.41) is 1.47. The lowest BCUT2D eigenvalue weighted by Crippen LogP contribution is -2.28. The third-order valence-electron chi connectivity index (χ3n) is 2.66. The summed E-state index contributed by atoms with van der Waals surface area (Å²) in [6.07, 6.45) is 1.55. The molecule has 1 unspecified atom stereocenters. The smallest absolute Gasteiger partial charge is 0.256 e. The van der Waals surface area contributed by atoms with E-state index in [0.29, 0.717) is 25.3 Å². The molecule has 2 heterocycles. The van der Waals surface area contributed by atoms with Crippen molar-refractivity contribution in [2.24, 2.45) is 0 Å². The molecule has 2 aliphatic heterocycles. The van der Waals surface area contributed by atoms with Crippen LogP contribution in [0.1, 0.15) is 12.8 Å². The zero-order chi connectivity index (χ0) is 11.6. The molecule has 0 aromatic heterocycles. The van der Waals surface area contributed by atoms with Crippen LogP contribution in [-0.2, 0) is 19.5 Å². The Balaban J connectivity index is 1.73. The summed E-state index contributed by atoms with van der Waals surface area (Å²) in [5.74, 6) is 0.747. The van der Waals surface area contributed by atoms with Crippen LogP contribution in [0.15, 0.2) is 0 Å². The highest BCUT2D eigenvalue weighted by Gasteiger charge is 2.29. The number of sulfone groups is 1. The van der Waals surface area contributed by atoms with Gasteiger partial charge in [0.2, 0.25) is 0 Å². The molecular formula is C9H15NO4S2. The van der Waals surface area contributed by atoms with Crippen molar-refractivity contribution >= 4 is 27.5 Å². The maximum absolute atomic E-state index is 11.6. The van der Waals surface area contributed by atoms with Crippen molar-refractivity contribution in [3.8, 4) is 0 Å². The maximum Gasteiger partial charge on any atom is 0.256 e. The number of carbonyl (C=O) groups is 1. The molecule has 2 aliphatic rings. The number of rotatable bonds is 3. The molecule has 1 amide bonds. The molecule has 0 aromatic carbocycles. The van der Waals surface area contributed by atoms with Crippen LogP contribution in [0.25, 0.3) is 0 Å². The van der Waals surface area contributed by atoms with E-state index in [-0.39, 0.29) is 22.7 Å². The van der Waals surface area contributed by atoms with Crippen LogP contribution >= 0.6 is 11.8 Å². The van der Waals surface area contributed by atoms with Crippen LogP contribution < -0.4 is 0 Å². The number of hydrogen-bond donors (Lipinski definition) is 0. The molecule has 0 spiro atoms. The second-order valence-electron chi connectivity index (χ2n) is 4.02.